The Hall–Kier alpha value is -3.79. The third-order valence-electron chi connectivity index (χ3n) is 5.05. The molecular formula is C25H27N3O4. The number of aryl methyl sites for hydroxylation is 1. The van der Waals surface area contributed by atoms with Gasteiger partial charge in [-0.25, -0.2) is 4.79 Å². The molecule has 0 aliphatic rings. The highest BCUT2D eigenvalue weighted by Crippen LogP contribution is 2.32. The maximum absolute atomic E-state index is 12.6. The van der Waals surface area contributed by atoms with Gasteiger partial charge in [0.1, 0.15) is 5.56 Å². The normalized spacial score (nSPS) is 10.5. The number of nitrogens with zero attached hydrogens (tertiary/aromatic N) is 2. The Labute approximate surface area is 187 Å². The summed E-state index contributed by atoms with van der Waals surface area (Å²) in [6.45, 7) is 6.88. The van der Waals surface area contributed by atoms with Gasteiger partial charge < -0.3 is 19.5 Å². The van der Waals surface area contributed by atoms with Gasteiger partial charge >= 0.3 is 5.97 Å². The lowest BCUT2D eigenvalue weighted by Gasteiger charge is -2.17. The molecule has 0 saturated heterocycles. The Morgan fingerprint density at radius 2 is 1.94 bits per heavy atom. The second-order valence-electron chi connectivity index (χ2n) is 7.04. The highest BCUT2D eigenvalue weighted by Gasteiger charge is 2.19. The monoisotopic (exact) mass is 433 g/mol. The smallest absolute Gasteiger partial charge is 0.341 e. The summed E-state index contributed by atoms with van der Waals surface area (Å²) in [4.78, 5) is 17.2. The van der Waals surface area contributed by atoms with Crippen LogP contribution in [0.5, 0.6) is 11.5 Å². The van der Waals surface area contributed by atoms with Crippen LogP contribution in [0.4, 0.5) is 5.69 Å². The molecule has 7 nitrogen and oxygen atoms in total. The summed E-state index contributed by atoms with van der Waals surface area (Å²) in [5.74, 6) is 0.845. The highest BCUT2D eigenvalue weighted by atomic mass is 16.5. The number of benzene rings is 2. The van der Waals surface area contributed by atoms with E-state index in [4.69, 9.17) is 14.2 Å². The average Bonchev–Trinajstić information content (AvgIpc) is 2.82. The maximum atomic E-state index is 12.6. The van der Waals surface area contributed by atoms with Crippen molar-refractivity contribution >= 4 is 22.6 Å². The van der Waals surface area contributed by atoms with Crippen LogP contribution in [-0.2, 0) is 17.7 Å². The summed E-state index contributed by atoms with van der Waals surface area (Å²) >= 11 is 0. The van der Waals surface area contributed by atoms with Crippen molar-refractivity contribution in [2.45, 2.75) is 33.7 Å². The number of carbonyl (C=O) groups is 1. The molecule has 0 aliphatic carbocycles. The summed E-state index contributed by atoms with van der Waals surface area (Å²) in [6.07, 6.45) is 2.25. The van der Waals surface area contributed by atoms with E-state index in [1.54, 1.807) is 20.1 Å². The lowest BCUT2D eigenvalue weighted by Crippen LogP contribution is -2.12. The van der Waals surface area contributed by atoms with Crippen LogP contribution in [0, 0.1) is 11.3 Å². The Morgan fingerprint density at radius 3 is 2.59 bits per heavy atom. The first-order valence-electron chi connectivity index (χ1n) is 10.6. The number of fused-ring (bicyclic) bond motifs is 1. The number of nitrogens with one attached hydrogen (secondary N) is 1. The van der Waals surface area contributed by atoms with Gasteiger partial charge in [-0.15, -0.1) is 0 Å². The van der Waals surface area contributed by atoms with E-state index >= 15 is 0 Å². The molecule has 1 N–H and O–H groups in total. The summed E-state index contributed by atoms with van der Waals surface area (Å²) in [5.41, 5.74) is 4.08. The van der Waals surface area contributed by atoms with Gasteiger partial charge in [-0.3, -0.25) is 4.98 Å². The van der Waals surface area contributed by atoms with Crippen LogP contribution in [0.2, 0.25) is 0 Å². The lowest BCUT2D eigenvalue weighted by molar-refractivity contribution is 0.0527. The zero-order chi connectivity index (χ0) is 23.1. The number of hydrogen-bond donors (Lipinski definition) is 1. The third kappa shape index (κ3) is 4.75. The van der Waals surface area contributed by atoms with Crippen molar-refractivity contribution in [3.05, 3.63) is 58.8 Å². The van der Waals surface area contributed by atoms with Crippen molar-refractivity contribution in [3.8, 4) is 17.6 Å². The lowest BCUT2D eigenvalue weighted by atomic mass is 10.0. The van der Waals surface area contributed by atoms with Crippen molar-refractivity contribution in [1.29, 1.82) is 5.26 Å². The molecule has 2 aromatic carbocycles. The topological polar surface area (TPSA) is 93.5 Å². The number of esters is 1. The number of anilines is 1. The predicted molar refractivity (Wildman–Crippen MR) is 123 cm³/mol. The van der Waals surface area contributed by atoms with Crippen LogP contribution in [0.25, 0.3) is 10.9 Å². The molecule has 3 rings (SSSR count). The van der Waals surface area contributed by atoms with E-state index in [0.29, 0.717) is 53.3 Å². The van der Waals surface area contributed by atoms with Crippen molar-refractivity contribution < 1.29 is 19.0 Å². The second kappa shape index (κ2) is 10.5. The highest BCUT2D eigenvalue weighted by molar-refractivity contribution is 6.06. The van der Waals surface area contributed by atoms with E-state index in [9.17, 15) is 10.1 Å². The zero-order valence-electron chi connectivity index (χ0n) is 18.8. The van der Waals surface area contributed by atoms with Gasteiger partial charge in [0.25, 0.3) is 0 Å². The summed E-state index contributed by atoms with van der Waals surface area (Å²) in [7, 11) is 1.60. The molecule has 32 heavy (non-hydrogen) atoms. The first-order chi connectivity index (χ1) is 15.6. The maximum Gasteiger partial charge on any atom is 0.341 e. The van der Waals surface area contributed by atoms with Crippen LogP contribution >= 0.6 is 0 Å². The van der Waals surface area contributed by atoms with Gasteiger partial charge in [0.05, 0.1) is 43.2 Å². The average molecular weight is 434 g/mol. The number of hydrogen-bond acceptors (Lipinski definition) is 7. The van der Waals surface area contributed by atoms with E-state index in [2.05, 4.69) is 16.4 Å². The fraction of sp³-hybridized carbons (Fsp3) is 0.320. The Bertz CT molecular complexity index is 1170. The predicted octanol–water partition coefficient (Wildman–Crippen LogP) is 4.86. The summed E-state index contributed by atoms with van der Waals surface area (Å²) < 4.78 is 16.3. The number of methoxy groups -OCH3 is 1. The van der Waals surface area contributed by atoms with Gasteiger partial charge in [0.2, 0.25) is 0 Å². The largest absolute Gasteiger partial charge is 0.493 e. The first kappa shape index (κ1) is 22.9. The Morgan fingerprint density at radius 1 is 1.12 bits per heavy atom. The standard InChI is InChI=1S/C25H27N3O4/c1-5-18-10-17(13-26)11-19-23(18)28-15-20(25(29)32-7-3)24(19)27-14-16-8-9-21(30-4)22(12-16)31-6-2/h8-12,15H,5-7,14H2,1-4H3,(H,27,28). The van der Waals surface area contributed by atoms with E-state index in [1.165, 1.54) is 6.20 Å². The molecular weight excluding hydrogens is 406 g/mol. The zero-order valence-corrected chi connectivity index (χ0v) is 18.8. The molecule has 0 atom stereocenters. The van der Waals surface area contributed by atoms with E-state index in [0.717, 1.165) is 16.6 Å². The summed E-state index contributed by atoms with van der Waals surface area (Å²) in [6, 6.07) is 11.5. The van der Waals surface area contributed by atoms with Gasteiger partial charge in [0, 0.05) is 18.1 Å². The fourth-order valence-corrected chi connectivity index (χ4v) is 3.55. The number of pyridine rings is 1. The number of nitriles is 1. The molecule has 0 aliphatic heterocycles. The van der Waals surface area contributed by atoms with Gasteiger partial charge in [-0.2, -0.15) is 5.26 Å². The van der Waals surface area contributed by atoms with Crippen molar-refractivity contribution in [3.63, 3.8) is 0 Å². The molecule has 0 spiro atoms. The molecule has 0 amide bonds. The molecule has 7 heteroatoms. The molecule has 0 unspecified atom stereocenters. The molecule has 1 heterocycles. The van der Waals surface area contributed by atoms with E-state index in [-0.39, 0.29) is 6.61 Å². The second-order valence-corrected chi connectivity index (χ2v) is 7.04. The van der Waals surface area contributed by atoms with Crippen molar-refractivity contribution in [2.75, 3.05) is 25.6 Å². The van der Waals surface area contributed by atoms with Crippen molar-refractivity contribution in [1.82, 2.24) is 4.98 Å². The molecule has 1 aromatic heterocycles. The Kier molecular flexibility index (Phi) is 7.50. The Balaban J connectivity index is 2.08. The van der Waals surface area contributed by atoms with Crippen LogP contribution in [0.15, 0.2) is 36.5 Å². The van der Waals surface area contributed by atoms with Gasteiger partial charge in [0.15, 0.2) is 11.5 Å². The SMILES string of the molecule is CCOC(=O)c1cnc2c(CC)cc(C#N)cc2c1NCc1ccc(OC)c(OCC)c1. The minimum atomic E-state index is -0.463. The minimum Gasteiger partial charge on any atom is -0.493 e. The van der Waals surface area contributed by atoms with Crippen LogP contribution < -0.4 is 14.8 Å². The number of ether oxygens (including phenoxy) is 3. The van der Waals surface area contributed by atoms with Gasteiger partial charge in [-0.1, -0.05) is 13.0 Å². The molecule has 0 saturated carbocycles. The minimum absolute atomic E-state index is 0.255. The molecule has 166 valence electrons. The van der Waals surface area contributed by atoms with E-state index < -0.39 is 5.97 Å². The third-order valence-corrected chi connectivity index (χ3v) is 5.05. The number of rotatable bonds is 9. The summed E-state index contributed by atoms with van der Waals surface area (Å²) in [5, 5.41) is 13.6. The number of carbonyl (C=O) groups excluding carboxylic acids is 1. The quantitative estimate of drug-likeness (QED) is 0.481. The van der Waals surface area contributed by atoms with Crippen molar-refractivity contribution in [2.24, 2.45) is 0 Å². The molecule has 0 bridgehead atoms. The number of aromatic nitrogens is 1. The van der Waals surface area contributed by atoms with Crippen LogP contribution in [0.1, 0.15) is 47.8 Å². The molecule has 0 radical (unpaired) electrons. The van der Waals surface area contributed by atoms with Gasteiger partial charge in [-0.05, 0) is 55.7 Å². The molecule has 0 fully saturated rings. The van der Waals surface area contributed by atoms with E-state index in [1.807, 2.05) is 38.1 Å². The van der Waals surface area contributed by atoms with Crippen LogP contribution in [-0.4, -0.2) is 31.3 Å². The van der Waals surface area contributed by atoms with Crippen LogP contribution in [0.3, 0.4) is 0 Å². The first-order valence-corrected chi connectivity index (χ1v) is 10.6. The fourth-order valence-electron chi connectivity index (χ4n) is 3.55. The molecule has 3 aromatic rings.